The van der Waals surface area contributed by atoms with Crippen LogP contribution in [-0.4, -0.2) is 51.4 Å². The van der Waals surface area contributed by atoms with E-state index in [-0.39, 0.29) is 21.5 Å². The molecule has 176 valence electrons. The van der Waals surface area contributed by atoms with E-state index in [9.17, 15) is 22.8 Å². The molecule has 0 radical (unpaired) electrons. The molecule has 1 heterocycles. The van der Waals surface area contributed by atoms with Crippen molar-refractivity contribution in [1.82, 2.24) is 9.29 Å². The molecule has 0 aliphatic carbocycles. The van der Waals surface area contributed by atoms with Crippen LogP contribution in [0.15, 0.2) is 27.5 Å². The van der Waals surface area contributed by atoms with Crippen molar-refractivity contribution >= 4 is 54.8 Å². The second-order valence-corrected chi connectivity index (χ2v) is 10.1. The minimum Gasteiger partial charge on any atom is -0.494 e. The van der Waals surface area contributed by atoms with E-state index in [0.29, 0.717) is 15.2 Å². The quantitative estimate of drug-likeness (QED) is 0.557. The summed E-state index contributed by atoms with van der Waals surface area (Å²) < 4.78 is 45.1. The van der Waals surface area contributed by atoms with Gasteiger partial charge in [-0.2, -0.15) is 8.42 Å². The van der Waals surface area contributed by atoms with Crippen LogP contribution in [0.5, 0.6) is 5.75 Å². The monoisotopic (exact) mass is 533 g/mol. The summed E-state index contributed by atoms with van der Waals surface area (Å²) in [5.41, 5.74) is -0.871. The van der Waals surface area contributed by atoms with Gasteiger partial charge in [-0.05, 0) is 48.8 Å². The average molecular weight is 534 g/mol. The number of carbonyl (C=O) groups is 2. The largest absolute Gasteiger partial charge is 0.494 e. The number of halogens is 1. The van der Waals surface area contributed by atoms with Gasteiger partial charge >= 0.3 is 22.3 Å². The minimum atomic E-state index is -4.63. The Bertz CT molecular complexity index is 1220. The average Bonchev–Trinajstić information content (AvgIpc) is 2.67. The van der Waals surface area contributed by atoms with Gasteiger partial charge in [-0.3, -0.25) is 9.59 Å². The molecule has 1 aromatic carbocycles. The van der Waals surface area contributed by atoms with Crippen LogP contribution in [0.25, 0.3) is 10.9 Å². The Morgan fingerprint density at radius 1 is 1.19 bits per heavy atom. The SMILES string of the molecule is COC(=O)CN(c1cc2cc(Br)c(=O)n(C)c2cc1OC)S(=O)(=O)NC(=O)OC(C)(C)C. The van der Waals surface area contributed by atoms with Gasteiger partial charge in [-0.15, -0.1) is 0 Å². The molecule has 2 aromatic rings. The zero-order valence-corrected chi connectivity index (χ0v) is 20.8. The molecule has 0 saturated heterocycles. The molecule has 0 unspecified atom stereocenters. The maximum Gasteiger partial charge on any atom is 0.422 e. The first-order valence-electron chi connectivity index (χ1n) is 9.17. The number of ether oxygens (including phenoxy) is 3. The Morgan fingerprint density at radius 2 is 1.81 bits per heavy atom. The Labute approximate surface area is 193 Å². The van der Waals surface area contributed by atoms with Crippen LogP contribution in [0.1, 0.15) is 20.8 Å². The van der Waals surface area contributed by atoms with Crippen LogP contribution in [0.3, 0.4) is 0 Å². The third-order valence-corrected chi connectivity index (χ3v) is 6.05. The van der Waals surface area contributed by atoms with Gasteiger partial charge in [0.05, 0.1) is 29.9 Å². The lowest BCUT2D eigenvalue weighted by Crippen LogP contribution is -2.47. The van der Waals surface area contributed by atoms with E-state index in [2.05, 4.69) is 20.7 Å². The number of rotatable bonds is 6. The van der Waals surface area contributed by atoms with E-state index in [1.54, 1.807) is 32.5 Å². The number of nitrogens with zero attached hydrogens (tertiary/aromatic N) is 2. The molecule has 0 saturated carbocycles. The maximum absolute atomic E-state index is 13.1. The van der Waals surface area contributed by atoms with Crippen LogP contribution in [-0.2, 0) is 31.5 Å². The molecule has 0 bridgehead atoms. The number of esters is 1. The number of pyridine rings is 1. The van der Waals surface area contributed by atoms with E-state index < -0.39 is 34.4 Å². The van der Waals surface area contributed by atoms with Crippen molar-refractivity contribution in [2.45, 2.75) is 26.4 Å². The Morgan fingerprint density at radius 3 is 2.34 bits per heavy atom. The molecule has 0 atom stereocenters. The molecule has 32 heavy (non-hydrogen) atoms. The zero-order chi connectivity index (χ0) is 24.4. The molecule has 0 fully saturated rings. The number of hydrogen-bond donors (Lipinski definition) is 1. The lowest BCUT2D eigenvalue weighted by atomic mass is 10.1. The van der Waals surface area contributed by atoms with Crippen LogP contribution < -0.4 is 19.3 Å². The van der Waals surface area contributed by atoms with Crippen LogP contribution >= 0.6 is 15.9 Å². The van der Waals surface area contributed by atoms with Gasteiger partial charge in [0.25, 0.3) is 5.56 Å². The molecule has 2 rings (SSSR count). The molecule has 0 spiro atoms. The van der Waals surface area contributed by atoms with Crippen LogP contribution in [0, 0.1) is 0 Å². The molecule has 11 nitrogen and oxygen atoms in total. The van der Waals surface area contributed by atoms with E-state index in [1.165, 1.54) is 29.9 Å². The Kier molecular flexibility index (Phi) is 7.45. The summed E-state index contributed by atoms with van der Waals surface area (Å²) in [5, 5.41) is 0.470. The molecule has 1 N–H and O–H groups in total. The molecule has 13 heteroatoms. The van der Waals surface area contributed by atoms with Gasteiger partial charge in [0, 0.05) is 18.5 Å². The zero-order valence-electron chi connectivity index (χ0n) is 18.4. The fraction of sp³-hybridized carbons (Fsp3) is 0.421. The molecule has 1 amide bonds. The number of hydrogen-bond acceptors (Lipinski definition) is 8. The number of aryl methyl sites for hydroxylation is 1. The Balaban J connectivity index is 2.68. The van der Waals surface area contributed by atoms with Gasteiger partial charge in [-0.25, -0.2) is 13.8 Å². The van der Waals surface area contributed by atoms with Gasteiger partial charge < -0.3 is 18.8 Å². The number of fused-ring (bicyclic) bond motifs is 1. The summed E-state index contributed by atoms with van der Waals surface area (Å²) in [6.07, 6.45) is -1.22. The highest BCUT2D eigenvalue weighted by Gasteiger charge is 2.32. The molecular formula is C19H24BrN3O8S. The standard InChI is InChI=1S/C19H24BrN3O8S/c1-19(2,3)31-18(26)21-32(27,28)23(10-16(24)30-6)14-8-11-7-12(20)17(25)22(4)13(11)9-15(14)29-5/h7-9H,10H2,1-6H3,(H,21,26). The van der Waals surface area contributed by atoms with E-state index in [1.807, 2.05) is 0 Å². The normalized spacial score (nSPS) is 11.7. The van der Waals surface area contributed by atoms with Gasteiger partial charge in [0.15, 0.2) is 0 Å². The number of anilines is 1. The lowest BCUT2D eigenvalue weighted by Gasteiger charge is -2.26. The predicted octanol–water partition coefficient (Wildman–Crippen LogP) is 2.06. The highest BCUT2D eigenvalue weighted by atomic mass is 79.9. The van der Waals surface area contributed by atoms with E-state index in [0.717, 1.165) is 7.11 Å². The second-order valence-electron chi connectivity index (χ2n) is 7.63. The maximum atomic E-state index is 13.1. The molecular weight excluding hydrogens is 510 g/mol. The van der Waals surface area contributed by atoms with Gasteiger partial charge in [0.1, 0.15) is 17.9 Å². The van der Waals surface area contributed by atoms with Gasteiger partial charge in [-0.1, -0.05) is 0 Å². The molecule has 0 aliphatic rings. The number of aromatic nitrogens is 1. The van der Waals surface area contributed by atoms with Crippen LogP contribution in [0.4, 0.5) is 10.5 Å². The summed E-state index contributed by atoms with van der Waals surface area (Å²) in [6, 6.07) is 4.37. The fourth-order valence-corrected chi connectivity index (χ4v) is 4.30. The number of benzene rings is 1. The van der Waals surface area contributed by atoms with Crippen LogP contribution in [0.2, 0.25) is 0 Å². The van der Waals surface area contributed by atoms with Crippen molar-refractivity contribution < 1.29 is 32.2 Å². The summed E-state index contributed by atoms with van der Waals surface area (Å²) in [6.45, 7) is 3.95. The van der Waals surface area contributed by atoms with E-state index in [4.69, 9.17) is 9.47 Å². The van der Waals surface area contributed by atoms with E-state index >= 15 is 0 Å². The van der Waals surface area contributed by atoms with Crippen molar-refractivity contribution in [1.29, 1.82) is 0 Å². The third-order valence-electron chi connectivity index (χ3n) is 4.15. The first-order chi connectivity index (χ1) is 14.7. The third kappa shape index (κ3) is 5.71. The number of methoxy groups -OCH3 is 2. The van der Waals surface area contributed by atoms with Crippen molar-refractivity contribution in [2.75, 3.05) is 25.1 Å². The first-order valence-corrected chi connectivity index (χ1v) is 11.4. The lowest BCUT2D eigenvalue weighted by molar-refractivity contribution is -0.138. The summed E-state index contributed by atoms with van der Waals surface area (Å²) in [5.74, 6) is -0.850. The summed E-state index contributed by atoms with van der Waals surface area (Å²) in [7, 11) is -0.697. The highest BCUT2D eigenvalue weighted by molar-refractivity contribution is 9.10. The first kappa shape index (κ1) is 25.5. The summed E-state index contributed by atoms with van der Waals surface area (Å²) in [4.78, 5) is 36.4. The van der Waals surface area contributed by atoms with Crippen molar-refractivity contribution in [3.8, 4) is 5.75 Å². The van der Waals surface area contributed by atoms with Crippen molar-refractivity contribution in [2.24, 2.45) is 7.05 Å². The molecule has 0 aliphatic heterocycles. The van der Waals surface area contributed by atoms with Crippen molar-refractivity contribution in [3.05, 3.63) is 33.0 Å². The Hall–Kier alpha value is -2.80. The minimum absolute atomic E-state index is 0.0355. The number of nitrogens with one attached hydrogen (secondary N) is 1. The second kappa shape index (κ2) is 9.36. The smallest absolute Gasteiger partial charge is 0.422 e. The fourth-order valence-electron chi connectivity index (χ4n) is 2.75. The highest BCUT2D eigenvalue weighted by Crippen LogP contribution is 2.34. The topological polar surface area (TPSA) is 133 Å². The number of amides is 1. The predicted molar refractivity (Wildman–Crippen MR) is 121 cm³/mol. The van der Waals surface area contributed by atoms with Crippen molar-refractivity contribution in [3.63, 3.8) is 0 Å². The van der Waals surface area contributed by atoms with Gasteiger partial charge in [0.2, 0.25) is 0 Å². The molecule has 1 aromatic heterocycles. The number of carbonyl (C=O) groups excluding carboxylic acids is 2. The summed E-state index contributed by atoms with van der Waals surface area (Å²) >= 11 is 3.17.